The van der Waals surface area contributed by atoms with Crippen LogP contribution in [0.3, 0.4) is 0 Å². The highest BCUT2D eigenvalue weighted by molar-refractivity contribution is 6.30. The monoisotopic (exact) mass is 255 g/mol. The second-order valence-corrected chi connectivity index (χ2v) is 4.73. The topological polar surface area (TPSA) is 30.5 Å². The highest BCUT2D eigenvalue weighted by Crippen LogP contribution is 2.38. The van der Waals surface area contributed by atoms with Crippen LogP contribution in [0.15, 0.2) is 18.2 Å². The first-order valence-electron chi connectivity index (χ1n) is 5.82. The molecule has 3 nitrogen and oxygen atoms in total. The number of methoxy groups -OCH3 is 1. The predicted octanol–water partition coefficient (Wildman–Crippen LogP) is 2.57. The van der Waals surface area contributed by atoms with E-state index in [4.69, 9.17) is 21.1 Å². The van der Waals surface area contributed by atoms with Crippen LogP contribution in [0.1, 0.15) is 18.4 Å². The minimum Gasteiger partial charge on any atom is -0.496 e. The van der Waals surface area contributed by atoms with E-state index < -0.39 is 0 Å². The molecule has 0 radical (unpaired) electrons. The highest BCUT2D eigenvalue weighted by Gasteiger charge is 2.35. The Morgan fingerprint density at radius 1 is 1.35 bits per heavy atom. The normalized spacial score (nSPS) is 19.0. The smallest absolute Gasteiger partial charge is 0.124 e. The van der Waals surface area contributed by atoms with Gasteiger partial charge in [-0.25, -0.2) is 0 Å². The van der Waals surface area contributed by atoms with Crippen LogP contribution < -0.4 is 10.1 Å². The number of benzene rings is 1. The molecule has 0 unspecified atom stereocenters. The highest BCUT2D eigenvalue weighted by atomic mass is 35.5. The summed E-state index contributed by atoms with van der Waals surface area (Å²) >= 11 is 6.10. The Morgan fingerprint density at radius 3 is 2.65 bits per heavy atom. The Balaban J connectivity index is 2.44. The molecule has 1 heterocycles. The molecule has 17 heavy (non-hydrogen) atoms. The Hall–Kier alpha value is -0.770. The van der Waals surface area contributed by atoms with Crippen LogP contribution in [0.2, 0.25) is 5.02 Å². The van der Waals surface area contributed by atoms with E-state index in [1.165, 1.54) is 0 Å². The Labute approximate surface area is 107 Å². The van der Waals surface area contributed by atoms with Crippen LogP contribution in [0.4, 0.5) is 0 Å². The van der Waals surface area contributed by atoms with Gasteiger partial charge >= 0.3 is 0 Å². The van der Waals surface area contributed by atoms with Crippen molar-refractivity contribution in [2.45, 2.75) is 18.4 Å². The molecule has 0 amide bonds. The van der Waals surface area contributed by atoms with E-state index in [0.29, 0.717) is 0 Å². The van der Waals surface area contributed by atoms with E-state index in [2.05, 4.69) is 5.32 Å². The summed E-state index contributed by atoms with van der Waals surface area (Å²) in [6.45, 7) is 1.52. The zero-order valence-electron chi connectivity index (χ0n) is 10.3. The van der Waals surface area contributed by atoms with E-state index >= 15 is 0 Å². The van der Waals surface area contributed by atoms with E-state index in [1.54, 1.807) is 7.11 Å². The van der Waals surface area contributed by atoms with Crippen LogP contribution in [0, 0.1) is 0 Å². The fourth-order valence-electron chi connectivity index (χ4n) is 2.43. The maximum Gasteiger partial charge on any atom is 0.124 e. The summed E-state index contributed by atoms with van der Waals surface area (Å²) in [5.74, 6) is 0.880. The molecule has 1 fully saturated rings. The molecule has 1 N–H and O–H groups in total. The Morgan fingerprint density at radius 2 is 2.06 bits per heavy atom. The maximum atomic E-state index is 6.10. The van der Waals surface area contributed by atoms with Crippen molar-refractivity contribution in [3.8, 4) is 5.75 Å². The number of nitrogens with one attached hydrogen (secondary N) is 1. The van der Waals surface area contributed by atoms with E-state index in [0.717, 1.165) is 42.4 Å². The lowest BCUT2D eigenvalue weighted by Crippen LogP contribution is -2.45. The molecule has 2 rings (SSSR count). The molecular formula is C13H18ClNO2. The molecule has 1 saturated heterocycles. The van der Waals surface area contributed by atoms with Crippen LogP contribution in [-0.4, -0.2) is 27.4 Å². The fourth-order valence-corrected chi connectivity index (χ4v) is 2.60. The minimum atomic E-state index is -0.0888. The fraction of sp³-hybridized carbons (Fsp3) is 0.538. The number of rotatable bonds is 3. The summed E-state index contributed by atoms with van der Waals surface area (Å²) in [7, 11) is 3.67. The number of hydrogen-bond donors (Lipinski definition) is 1. The van der Waals surface area contributed by atoms with Gasteiger partial charge in [0.05, 0.1) is 12.6 Å². The van der Waals surface area contributed by atoms with Crippen LogP contribution in [-0.2, 0) is 10.3 Å². The number of ether oxygens (including phenoxy) is 2. The van der Waals surface area contributed by atoms with Gasteiger partial charge in [-0.15, -0.1) is 0 Å². The summed E-state index contributed by atoms with van der Waals surface area (Å²) in [4.78, 5) is 0. The number of hydrogen-bond acceptors (Lipinski definition) is 3. The lowest BCUT2D eigenvalue weighted by Gasteiger charge is -2.38. The van der Waals surface area contributed by atoms with Crippen LogP contribution in [0.25, 0.3) is 0 Å². The largest absolute Gasteiger partial charge is 0.496 e. The van der Waals surface area contributed by atoms with Crippen LogP contribution in [0.5, 0.6) is 5.75 Å². The van der Waals surface area contributed by atoms with Crippen molar-refractivity contribution in [2.24, 2.45) is 0 Å². The van der Waals surface area contributed by atoms with Gasteiger partial charge in [0, 0.05) is 23.8 Å². The second kappa shape index (κ2) is 5.25. The first-order chi connectivity index (χ1) is 8.22. The van der Waals surface area contributed by atoms with E-state index in [-0.39, 0.29) is 5.54 Å². The van der Waals surface area contributed by atoms with Gasteiger partial charge in [-0.3, -0.25) is 0 Å². The summed E-state index contributed by atoms with van der Waals surface area (Å²) in [5, 5.41) is 4.15. The van der Waals surface area contributed by atoms with Crippen molar-refractivity contribution >= 4 is 11.6 Å². The molecule has 0 bridgehead atoms. The van der Waals surface area contributed by atoms with Gasteiger partial charge in [0.25, 0.3) is 0 Å². The van der Waals surface area contributed by atoms with Crippen molar-refractivity contribution in [3.63, 3.8) is 0 Å². The molecule has 1 aliphatic rings. The summed E-state index contributed by atoms with van der Waals surface area (Å²) in [6, 6.07) is 5.76. The summed E-state index contributed by atoms with van der Waals surface area (Å²) in [5.41, 5.74) is 1.03. The zero-order valence-corrected chi connectivity index (χ0v) is 11.0. The standard InChI is InChI=1S/C13H18ClNO2/c1-15-13(5-7-17-8-6-13)11-9-10(14)3-4-12(11)16-2/h3-4,9,15H,5-8H2,1-2H3. The van der Waals surface area contributed by atoms with Crippen molar-refractivity contribution in [1.29, 1.82) is 0 Å². The van der Waals surface area contributed by atoms with Gasteiger partial charge < -0.3 is 14.8 Å². The van der Waals surface area contributed by atoms with Gasteiger partial charge in [-0.05, 0) is 38.1 Å². The SMILES string of the molecule is CNC1(c2cc(Cl)ccc2OC)CCOCC1. The third-order valence-electron chi connectivity index (χ3n) is 3.50. The van der Waals surface area contributed by atoms with Crippen LogP contribution >= 0.6 is 11.6 Å². The molecule has 0 aromatic heterocycles. The maximum absolute atomic E-state index is 6.10. The quantitative estimate of drug-likeness (QED) is 0.901. The van der Waals surface area contributed by atoms with Gasteiger partial charge in [-0.1, -0.05) is 11.6 Å². The summed E-state index contributed by atoms with van der Waals surface area (Å²) < 4.78 is 10.9. The predicted molar refractivity (Wildman–Crippen MR) is 68.8 cm³/mol. The molecule has 0 atom stereocenters. The molecule has 94 valence electrons. The first kappa shape index (κ1) is 12.7. The number of halogens is 1. The average Bonchev–Trinajstić information content (AvgIpc) is 2.39. The summed E-state index contributed by atoms with van der Waals surface area (Å²) in [6.07, 6.45) is 1.86. The second-order valence-electron chi connectivity index (χ2n) is 4.29. The van der Waals surface area contributed by atoms with E-state index in [1.807, 2.05) is 25.2 Å². The van der Waals surface area contributed by atoms with Crippen molar-refractivity contribution in [3.05, 3.63) is 28.8 Å². The van der Waals surface area contributed by atoms with E-state index in [9.17, 15) is 0 Å². The molecule has 1 aliphatic heterocycles. The molecule has 0 saturated carbocycles. The minimum absolute atomic E-state index is 0.0888. The lowest BCUT2D eigenvalue weighted by atomic mass is 9.82. The van der Waals surface area contributed by atoms with Crippen molar-refractivity contribution < 1.29 is 9.47 Å². The molecular weight excluding hydrogens is 238 g/mol. The molecule has 1 aromatic carbocycles. The Kier molecular flexibility index (Phi) is 3.92. The third kappa shape index (κ3) is 2.41. The average molecular weight is 256 g/mol. The molecule has 4 heteroatoms. The van der Waals surface area contributed by atoms with Crippen molar-refractivity contribution in [1.82, 2.24) is 5.32 Å². The van der Waals surface area contributed by atoms with Gasteiger partial charge in [0.1, 0.15) is 5.75 Å². The van der Waals surface area contributed by atoms with Gasteiger partial charge in [0.15, 0.2) is 0 Å². The third-order valence-corrected chi connectivity index (χ3v) is 3.74. The lowest BCUT2D eigenvalue weighted by molar-refractivity contribution is 0.0389. The molecule has 1 aromatic rings. The Bertz CT molecular complexity index is 389. The van der Waals surface area contributed by atoms with Gasteiger partial charge in [-0.2, -0.15) is 0 Å². The molecule has 0 aliphatic carbocycles. The first-order valence-corrected chi connectivity index (χ1v) is 6.20. The van der Waals surface area contributed by atoms with Gasteiger partial charge in [0.2, 0.25) is 0 Å². The molecule has 0 spiro atoms. The zero-order chi connectivity index (χ0) is 12.3. The van der Waals surface area contributed by atoms with Crippen molar-refractivity contribution in [2.75, 3.05) is 27.4 Å².